The summed E-state index contributed by atoms with van der Waals surface area (Å²) in [6, 6.07) is 0. The van der Waals surface area contributed by atoms with Gasteiger partial charge in [0.1, 0.15) is 0 Å². The fraction of sp³-hybridized carbons (Fsp3) is 1.00. The maximum absolute atomic E-state index is 5.83. The number of rotatable bonds is 1. The molecule has 48 valence electrons. The lowest BCUT2D eigenvalue weighted by Crippen LogP contribution is -2.12. The summed E-state index contributed by atoms with van der Waals surface area (Å²) >= 11 is 7.62. The van der Waals surface area contributed by atoms with Gasteiger partial charge in [0, 0.05) is 5.25 Å². The van der Waals surface area contributed by atoms with Crippen molar-refractivity contribution < 1.29 is 4.74 Å². The van der Waals surface area contributed by atoms with Crippen molar-refractivity contribution >= 4 is 23.4 Å². The zero-order valence-corrected chi connectivity index (χ0v) is 6.34. The third-order valence-corrected chi connectivity index (χ3v) is 2.92. The van der Waals surface area contributed by atoms with E-state index < -0.39 is 0 Å². The van der Waals surface area contributed by atoms with Gasteiger partial charge in [-0.05, 0) is 6.26 Å². The lowest BCUT2D eigenvalue weighted by molar-refractivity contribution is 0.199. The number of thioether (sulfide) groups is 1. The molecule has 0 aromatic heterocycles. The molecule has 0 bridgehead atoms. The molecule has 2 atom stereocenters. The largest absolute Gasteiger partial charge is 0.379 e. The topological polar surface area (TPSA) is 9.23 Å². The Bertz CT molecular complexity index is 78.8. The van der Waals surface area contributed by atoms with Gasteiger partial charge in [-0.25, -0.2) is 0 Å². The average Bonchev–Trinajstić information content (AvgIpc) is 2.14. The summed E-state index contributed by atoms with van der Waals surface area (Å²) in [4.78, 5) is 0. The highest BCUT2D eigenvalue weighted by atomic mass is 35.5. The molecule has 1 nitrogen and oxygen atoms in total. The summed E-state index contributed by atoms with van der Waals surface area (Å²) in [6.45, 7) is 1.56. The normalized spacial score (nSPS) is 38.2. The van der Waals surface area contributed by atoms with Crippen molar-refractivity contribution in [3.8, 4) is 0 Å². The van der Waals surface area contributed by atoms with Gasteiger partial charge in [0.15, 0.2) is 0 Å². The molecule has 3 heteroatoms. The standard InChI is InChI=1S/C5H9ClOS/c1-8-5-3-7-2-4(5)6/h4-5H,2-3H2,1H3/t4-,5-/m1/s1. The minimum atomic E-state index is 0.241. The van der Waals surface area contributed by atoms with Crippen LogP contribution < -0.4 is 0 Å². The number of ether oxygens (including phenoxy) is 1. The molecular formula is C5H9ClOS. The third kappa shape index (κ3) is 1.30. The highest BCUT2D eigenvalue weighted by molar-refractivity contribution is 7.99. The van der Waals surface area contributed by atoms with Crippen LogP contribution in [0, 0.1) is 0 Å². The molecule has 1 heterocycles. The molecule has 0 amide bonds. The fourth-order valence-corrected chi connectivity index (χ4v) is 1.80. The second-order valence-electron chi connectivity index (χ2n) is 1.83. The third-order valence-electron chi connectivity index (χ3n) is 1.27. The zero-order chi connectivity index (χ0) is 5.98. The summed E-state index contributed by atoms with van der Waals surface area (Å²) in [7, 11) is 0. The van der Waals surface area contributed by atoms with Crippen LogP contribution in [0.3, 0.4) is 0 Å². The molecule has 0 radical (unpaired) electrons. The van der Waals surface area contributed by atoms with Gasteiger partial charge in [-0.2, -0.15) is 11.8 Å². The summed E-state index contributed by atoms with van der Waals surface area (Å²) in [5, 5.41) is 0.765. The minimum absolute atomic E-state index is 0.241. The Balaban J connectivity index is 2.30. The van der Waals surface area contributed by atoms with E-state index in [0.717, 1.165) is 13.2 Å². The quantitative estimate of drug-likeness (QED) is 0.525. The lowest BCUT2D eigenvalue weighted by Gasteiger charge is -2.04. The van der Waals surface area contributed by atoms with E-state index in [0.29, 0.717) is 5.25 Å². The predicted octanol–water partition coefficient (Wildman–Crippen LogP) is 1.36. The van der Waals surface area contributed by atoms with Gasteiger partial charge in [0.25, 0.3) is 0 Å². The van der Waals surface area contributed by atoms with E-state index in [9.17, 15) is 0 Å². The predicted molar refractivity (Wildman–Crippen MR) is 37.8 cm³/mol. The molecule has 0 saturated carbocycles. The molecule has 1 rings (SSSR count). The molecule has 0 aromatic rings. The van der Waals surface area contributed by atoms with Crippen molar-refractivity contribution in [3.05, 3.63) is 0 Å². The summed E-state index contributed by atoms with van der Waals surface area (Å²) in [5.41, 5.74) is 0. The van der Waals surface area contributed by atoms with Gasteiger partial charge in [0.05, 0.1) is 18.6 Å². The second kappa shape index (κ2) is 2.95. The van der Waals surface area contributed by atoms with E-state index in [1.807, 2.05) is 0 Å². The molecule has 0 aromatic carbocycles. The van der Waals surface area contributed by atoms with Gasteiger partial charge in [-0.1, -0.05) is 0 Å². The van der Waals surface area contributed by atoms with E-state index in [1.54, 1.807) is 11.8 Å². The molecule has 0 aliphatic carbocycles. The molecule has 1 fully saturated rings. The molecule has 8 heavy (non-hydrogen) atoms. The van der Waals surface area contributed by atoms with Crippen molar-refractivity contribution in [1.29, 1.82) is 0 Å². The molecule has 0 unspecified atom stereocenters. The molecule has 0 spiro atoms. The second-order valence-corrected chi connectivity index (χ2v) is 3.47. The van der Waals surface area contributed by atoms with Crippen LogP contribution in [0.25, 0.3) is 0 Å². The SMILES string of the molecule is CS[C@@H]1COC[C@H]1Cl. The Morgan fingerprint density at radius 1 is 1.62 bits per heavy atom. The molecule has 0 N–H and O–H groups in total. The van der Waals surface area contributed by atoms with Crippen LogP contribution in [0.15, 0.2) is 0 Å². The van der Waals surface area contributed by atoms with Crippen molar-refractivity contribution in [1.82, 2.24) is 0 Å². The van der Waals surface area contributed by atoms with Crippen LogP contribution in [-0.2, 0) is 4.74 Å². The number of alkyl halides is 1. The van der Waals surface area contributed by atoms with Gasteiger partial charge in [-0.3, -0.25) is 0 Å². The number of hydrogen-bond donors (Lipinski definition) is 0. The first-order valence-electron chi connectivity index (χ1n) is 2.59. The average molecular weight is 153 g/mol. The Morgan fingerprint density at radius 3 is 2.62 bits per heavy atom. The molecule has 1 aliphatic rings. The van der Waals surface area contributed by atoms with E-state index in [1.165, 1.54) is 0 Å². The van der Waals surface area contributed by atoms with Crippen LogP contribution in [0.1, 0.15) is 0 Å². The first kappa shape index (κ1) is 6.72. The van der Waals surface area contributed by atoms with Crippen molar-refractivity contribution in [2.75, 3.05) is 19.5 Å². The highest BCUT2D eigenvalue weighted by Gasteiger charge is 2.24. The first-order valence-corrected chi connectivity index (χ1v) is 4.31. The van der Waals surface area contributed by atoms with Gasteiger partial charge in [-0.15, -0.1) is 11.6 Å². The van der Waals surface area contributed by atoms with E-state index in [-0.39, 0.29) is 5.38 Å². The zero-order valence-electron chi connectivity index (χ0n) is 4.76. The van der Waals surface area contributed by atoms with Crippen LogP contribution in [-0.4, -0.2) is 30.1 Å². The van der Waals surface area contributed by atoms with E-state index >= 15 is 0 Å². The Labute approximate surface area is 58.7 Å². The molecule has 1 aliphatic heterocycles. The van der Waals surface area contributed by atoms with Crippen LogP contribution in [0.4, 0.5) is 0 Å². The van der Waals surface area contributed by atoms with Crippen LogP contribution >= 0.6 is 23.4 Å². The van der Waals surface area contributed by atoms with Gasteiger partial charge < -0.3 is 4.74 Å². The minimum Gasteiger partial charge on any atom is -0.379 e. The fourth-order valence-electron chi connectivity index (χ4n) is 0.724. The smallest absolute Gasteiger partial charge is 0.0710 e. The van der Waals surface area contributed by atoms with Crippen molar-refractivity contribution in [3.63, 3.8) is 0 Å². The summed E-state index contributed by atoms with van der Waals surface area (Å²) in [5.74, 6) is 0. The highest BCUT2D eigenvalue weighted by Crippen LogP contribution is 2.22. The van der Waals surface area contributed by atoms with Crippen molar-refractivity contribution in [2.45, 2.75) is 10.6 Å². The number of hydrogen-bond acceptors (Lipinski definition) is 2. The Hall–Kier alpha value is 0.600. The van der Waals surface area contributed by atoms with Crippen molar-refractivity contribution in [2.24, 2.45) is 0 Å². The summed E-state index contributed by atoms with van der Waals surface area (Å²) in [6.07, 6.45) is 2.06. The maximum atomic E-state index is 5.83. The Morgan fingerprint density at radius 2 is 2.38 bits per heavy atom. The number of halogens is 1. The first-order chi connectivity index (χ1) is 3.84. The Kier molecular flexibility index (Phi) is 2.47. The summed E-state index contributed by atoms with van der Waals surface area (Å²) < 4.78 is 5.11. The molecule has 1 saturated heterocycles. The van der Waals surface area contributed by atoms with Crippen LogP contribution in [0.2, 0.25) is 0 Å². The lowest BCUT2D eigenvalue weighted by atomic mass is 10.4. The molecular weight excluding hydrogens is 144 g/mol. The van der Waals surface area contributed by atoms with Gasteiger partial charge >= 0.3 is 0 Å². The van der Waals surface area contributed by atoms with E-state index in [2.05, 4.69) is 6.26 Å². The maximum Gasteiger partial charge on any atom is 0.0710 e. The van der Waals surface area contributed by atoms with Crippen LogP contribution in [0.5, 0.6) is 0 Å². The monoisotopic (exact) mass is 152 g/mol. The van der Waals surface area contributed by atoms with Gasteiger partial charge in [0.2, 0.25) is 0 Å². The van der Waals surface area contributed by atoms with E-state index in [4.69, 9.17) is 16.3 Å².